The van der Waals surface area contributed by atoms with Crippen molar-refractivity contribution in [3.8, 4) is 11.5 Å². The molecule has 0 bridgehead atoms. The van der Waals surface area contributed by atoms with Gasteiger partial charge in [-0.1, -0.05) is 18.2 Å². The van der Waals surface area contributed by atoms with Crippen molar-refractivity contribution in [1.82, 2.24) is 19.9 Å². The number of fused-ring (bicyclic) bond motifs is 1. The van der Waals surface area contributed by atoms with Crippen molar-refractivity contribution < 1.29 is 4.39 Å². The molecule has 126 valence electrons. The highest BCUT2D eigenvalue weighted by Gasteiger charge is 2.21. The maximum absolute atomic E-state index is 13.4. The maximum atomic E-state index is 13.4. The van der Waals surface area contributed by atoms with Crippen LogP contribution in [0.5, 0.6) is 0 Å². The van der Waals surface area contributed by atoms with E-state index in [1.54, 1.807) is 18.3 Å². The molecule has 0 saturated heterocycles. The van der Waals surface area contributed by atoms with Crippen molar-refractivity contribution >= 4 is 0 Å². The molecule has 1 aliphatic rings. The van der Waals surface area contributed by atoms with E-state index in [2.05, 4.69) is 19.9 Å². The van der Waals surface area contributed by atoms with Gasteiger partial charge in [-0.3, -0.25) is 14.7 Å². The summed E-state index contributed by atoms with van der Waals surface area (Å²) in [6, 6.07) is 12.1. The molecule has 6 heteroatoms. The van der Waals surface area contributed by atoms with Crippen LogP contribution in [-0.2, 0) is 19.5 Å². The molecule has 0 atom stereocenters. The van der Waals surface area contributed by atoms with Gasteiger partial charge in [0.05, 0.1) is 5.69 Å². The first-order chi connectivity index (χ1) is 12.2. The van der Waals surface area contributed by atoms with Crippen LogP contribution in [-0.4, -0.2) is 26.4 Å². The zero-order chi connectivity index (χ0) is 17.2. The summed E-state index contributed by atoms with van der Waals surface area (Å²) in [5.74, 6) is 0.249. The lowest BCUT2D eigenvalue weighted by Crippen LogP contribution is -2.35. The molecule has 0 radical (unpaired) electrons. The average molecular weight is 336 g/mol. The molecule has 5 nitrogen and oxygen atoms in total. The fraction of sp³-hybridized carbons (Fsp3) is 0.211. The van der Waals surface area contributed by atoms with Gasteiger partial charge in [-0.05, 0) is 36.2 Å². The maximum Gasteiger partial charge on any atom is 0.254 e. The fourth-order valence-corrected chi connectivity index (χ4v) is 3.15. The Kier molecular flexibility index (Phi) is 4.11. The van der Waals surface area contributed by atoms with Gasteiger partial charge < -0.3 is 4.98 Å². The summed E-state index contributed by atoms with van der Waals surface area (Å²) in [6.07, 6.45) is 2.31. The Bertz CT molecular complexity index is 955. The minimum atomic E-state index is -0.234. The monoisotopic (exact) mass is 336 g/mol. The van der Waals surface area contributed by atoms with E-state index in [0.717, 1.165) is 23.4 Å². The third-order valence-corrected chi connectivity index (χ3v) is 4.36. The van der Waals surface area contributed by atoms with Crippen LogP contribution in [0.1, 0.15) is 16.8 Å². The van der Waals surface area contributed by atoms with E-state index in [1.807, 2.05) is 24.3 Å². The topological polar surface area (TPSA) is 61.9 Å². The first-order valence-electron chi connectivity index (χ1n) is 8.19. The molecule has 1 N–H and O–H groups in total. The first kappa shape index (κ1) is 15.7. The molecule has 1 aromatic carbocycles. The normalized spacial score (nSPS) is 14.3. The second kappa shape index (κ2) is 6.57. The minimum Gasteiger partial charge on any atom is -0.305 e. The molecule has 0 spiro atoms. The quantitative estimate of drug-likeness (QED) is 0.798. The van der Waals surface area contributed by atoms with Crippen LogP contribution in [0.2, 0.25) is 0 Å². The summed E-state index contributed by atoms with van der Waals surface area (Å²) < 4.78 is 13.4. The first-order valence-corrected chi connectivity index (χ1v) is 8.19. The van der Waals surface area contributed by atoms with E-state index < -0.39 is 0 Å². The second-order valence-corrected chi connectivity index (χ2v) is 6.15. The molecule has 2 aromatic heterocycles. The number of pyridine rings is 1. The third kappa shape index (κ3) is 3.34. The number of benzene rings is 1. The average Bonchev–Trinajstić information content (AvgIpc) is 2.62. The van der Waals surface area contributed by atoms with Gasteiger partial charge in [0.2, 0.25) is 0 Å². The van der Waals surface area contributed by atoms with Crippen LogP contribution in [0.3, 0.4) is 0 Å². The fourth-order valence-electron chi connectivity index (χ4n) is 3.15. The molecule has 4 rings (SSSR count). The van der Waals surface area contributed by atoms with Crippen molar-refractivity contribution in [2.24, 2.45) is 0 Å². The summed E-state index contributed by atoms with van der Waals surface area (Å²) in [5.41, 5.74) is 2.96. The molecule has 0 aliphatic carbocycles. The number of nitrogens with zero attached hydrogens (tertiary/aromatic N) is 3. The highest BCUT2D eigenvalue weighted by atomic mass is 19.1. The van der Waals surface area contributed by atoms with E-state index in [1.165, 1.54) is 6.07 Å². The van der Waals surface area contributed by atoms with E-state index in [0.29, 0.717) is 31.0 Å². The van der Waals surface area contributed by atoms with Crippen LogP contribution < -0.4 is 5.56 Å². The molecule has 0 amide bonds. The molecule has 0 fully saturated rings. The SMILES string of the molecule is O=c1[nH]c(-c2ccccn2)nc2c1CCN(Cc1cccc(F)c1)C2. The number of aromatic nitrogens is 3. The lowest BCUT2D eigenvalue weighted by Gasteiger charge is -2.27. The third-order valence-electron chi connectivity index (χ3n) is 4.36. The molecular formula is C19H17FN4O. The second-order valence-electron chi connectivity index (χ2n) is 6.15. The van der Waals surface area contributed by atoms with Crippen molar-refractivity contribution in [2.45, 2.75) is 19.5 Å². The lowest BCUT2D eigenvalue weighted by molar-refractivity contribution is 0.240. The van der Waals surface area contributed by atoms with E-state index >= 15 is 0 Å². The molecular weight excluding hydrogens is 319 g/mol. The van der Waals surface area contributed by atoms with E-state index in [-0.39, 0.29) is 11.4 Å². The Hall–Kier alpha value is -2.86. The van der Waals surface area contributed by atoms with Gasteiger partial charge in [-0.25, -0.2) is 9.37 Å². The highest BCUT2D eigenvalue weighted by Crippen LogP contribution is 2.19. The van der Waals surface area contributed by atoms with Crippen LogP contribution in [0.4, 0.5) is 4.39 Å². The summed E-state index contributed by atoms with van der Waals surface area (Å²) >= 11 is 0. The van der Waals surface area contributed by atoms with Crippen LogP contribution >= 0.6 is 0 Å². The van der Waals surface area contributed by atoms with Crippen molar-refractivity contribution in [3.05, 3.63) is 81.7 Å². The number of hydrogen-bond acceptors (Lipinski definition) is 4. The summed E-state index contributed by atoms with van der Waals surface area (Å²) in [7, 11) is 0. The molecule has 1 aliphatic heterocycles. The van der Waals surface area contributed by atoms with Gasteiger partial charge in [0.25, 0.3) is 5.56 Å². The van der Waals surface area contributed by atoms with E-state index in [4.69, 9.17) is 0 Å². The highest BCUT2D eigenvalue weighted by molar-refractivity contribution is 5.49. The number of rotatable bonds is 3. The molecule has 3 heterocycles. The minimum absolute atomic E-state index is 0.101. The van der Waals surface area contributed by atoms with Crippen LogP contribution in [0.25, 0.3) is 11.5 Å². The Morgan fingerprint density at radius 1 is 1.20 bits per heavy atom. The zero-order valence-corrected chi connectivity index (χ0v) is 13.6. The number of H-pyrrole nitrogens is 1. The number of aromatic amines is 1. The summed E-state index contributed by atoms with van der Waals surface area (Å²) in [4.78, 5) is 26.2. The van der Waals surface area contributed by atoms with Gasteiger partial charge in [-0.2, -0.15) is 0 Å². The molecule has 0 unspecified atom stereocenters. The van der Waals surface area contributed by atoms with Gasteiger partial charge in [0.1, 0.15) is 11.5 Å². The van der Waals surface area contributed by atoms with Crippen molar-refractivity contribution in [2.75, 3.05) is 6.54 Å². The Labute approximate surface area is 144 Å². The standard InChI is InChI=1S/C19H17FN4O/c20-14-5-3-4-13(10-14)11-24-9-7-15-17(12-24)22-18(23-19(15)25)16-6-1-2-8-21-16/h1-6,8,10H,7,9,11-12H2,(H,22,23,25). The molecule has 0 saturated carbocycles. The van der Waals surface area contributed by atoms with Gasteiger partial charge in [0, 0.05) is 31.4 Å². The molecule has 25 heavy (non-hydrogen) atoms. The molecule has 3 aromatic rings. The zero-order valence-electron chi connectivity index (χ0n) is 13.6. The van der Waals surface area contributed by atoms with Gasteiger partial charge in [0.15, 0.2) is 5.82 Å². The number of hydrogen-bond donors (Lipinski definition) is 1. The summed E-state index contributed by atoms with van der Waals surface area (Å²) in [5, 5.41) is 0. The predicted octanol–water partition coefficient (Wildman–Crippen LogP) is 2.53. The Morgan fingerprint density at radius 2 is 2.12 bits per heavy atom. The van der Waals surface area contributed by atoms with Crippen molar-refractivity contribution in [3.63, 3.8) is 0 Å². The largest absolute Gasteiger partial charge is 0.305 e. The van der Waals surface area contributed by atoms with Crippen LogP contribution in [0.15, 0.2) is 53.5 Å². The summed E-state index contributed by atoms with van der Waals surface area (Å²) in [6.45, 7) is 1.94. The smallest absolute Gasteiger partial charge is 0.254 e. The number of halogens is 1. The van der Waals surface area contributed by atoms with Gasteiger partial charge in [-0.15, -0.1) is 0 Å². The Balaban J connectivity index is 1.61. The lowest BCUT2D eigenvalue weighted by atomic mass is 10.1. The Morgan fingerprint density at radius 3 is 2.92 bits per heavy atom. The predicted molar refractivity (Wildman–Crippen MR) is 92.3 cm³/mol. The van der Waals surface area contributed by atoms with Gasteiger partial charge >= 0.3 is 0 Å². The van der Waals surface area contributed by atoms with Crippen LogP contribution in [0, 0.1) is 5.82 Å². The van der Waals surface area contributed by atoms with Crippen molar-refractivity contribution in [1.29, 1.82) is 0 Å². The van der Waals surface area contributed by atoms with E-state index in [9.17, 15) is 9.18 Å². The number of nitrogens with one attached hydrogen (secondary N) is 1.